The highest BCUT2D eigenvalue weighted by Gasteiger charge is 2.12. The Morgan fingerprint density at radius 1 is 0.917 bits per heavy atom. The van der Waals surface area contributed by atoms with E-state index in [-0.39, 0.29) is 13.2 Å². The molecule has 2 amide bonds. The molecule has 0 bridgehead atoms. The van der Waals surface area contributed by atoms with E-state index in [0.717, 1.165) is 11.1 Å². The lowest BCUT2D eigenvalue weighted by Crippen LogP contribution is -2.38. The molecule has 0 radical (unpaired) electrons. The van der Waals surface area contributed by atoms with Crippen LogP contribution in [0.25, 0.3) is 0 Å². The van der Waals surface area contributed by atoms with Crippen LogP contribution >= 0.6 is 23.2 Å². The zero-order valence-electron chi connectivity index (χ0n) is 19.7. The van der Waals surface area contributed by atoms with Crippen molar-refractivity contribution < 1.29 is 23.8 Å². The smallest absolute Gasteiger partial charge is 0.329 e. The summed E-state index contributed by atoms with van der Waals surface area (Å²) in [6, 6.07) is 17.7. The Bertz CT molecular complexity index is 1250. The normalized spacial score (nSPS) is 10.7. The number of para-hydroxylation sites is 1. The van der Waals surface area contributed by atoms with E-state index in [1.54, 1.807) is 62.8 Å². The average Bonchev–Trinajstić information content (AvgIpc) is 2.88. The second-order valence-corrected chi connectivity index (χ2v) is 8.30. The van der Waals surface area contributed by atoms with Gasteiger partial charge in [-0.3, -0.25) is 9.59 Å². The highest BCUT2D eigenvalue weighted by molar-refractivity contribution is 6.35. The van der Waals surface area contributed by atoms with Crippen LogP contribution in [-0.4, -0.2) is 38.8 Å². The van der Waals surface area contributed by atoms with Crippen LogP contribution < -0.4 is 25.0 Å². The standard InChI is InChI=1S/C26H25Cl2N3O5/c1-34-23-10-7-17(13-24(23)35-2)11-12-29-25(32)26(33)31-30-15-18-5-3-4-6-22(18)36-16-19-8-9-20(27)14-21(19)28/h3-10,13-15H,11-12,16H2,1-2H3,(H,29,32)(H,31,33)/b30-15-. The fourth-order valence-electron chi connectivity index (χ4n) is 3.16. The van der Waals surface area contributed by atoms with Crippen molar-refractivity contribution >= 4 is 41.2 Å². The molecule has 0 heterocycles. The Balaban J connectivity index is 1.49. The molecule has 8 nitrogen and oxygen atoms in total. The number of rotatable bonds is 10. The van der Waals surface area contributed by atoms with Crippen LogP contribution in [0.2, 0.25) is 10.0 Å². The third kappa shape index (κ3) is 7.63. The van der Waals surface area contributed by atoms with Crippen molar-refractivity contribution in [1.29, 1.82) is 0 Å². The molecule has 0 aliphatic heterocycles. The van der Waals surface area contributed by atoms with Crippen molar-refractivity contribution in [3.63, 3.8) is 0 Å². The Morgan fingerprint density at radius 2 is 1.69 bits per heavy atom. The van der Waals surface area contributed by atoms with Crippen molar-refractivity contribution in [2.75, 3.05) is 20.8 Å². The van der Waals surface area contributed by atoms with E-state index in [1.807, 2.05) is 12.1 Å². The minimum absolute atomic E-state index is 0.218. The molecule has 0 aliphatic carbocycles. The fraction of sp³-hybridized carbons (Fsp3) is 0.192. The highest BCUT2D eigenvalue weighted by atomic mass is 35.5. The number of hydrogen-bond donors (Lipinski definition) is 2. The number of methoxy groups -OCH3 is 2. The molecular formula is C26H25Cl2N3O5. The summed E-state index contributed by atoms with van der Waals surface area (Å²) in [6.45, 7) is 0.477. The van der Waals surface area contributed by atoms with Gasteiger partial charge in [-0.15, -0.1) is 0 Å². The van der Waals surface area contributed by atoms with Gasteiger partial charge in [0.05, 0.1) is 20.4 Å². The molecule has 0 saturated carbocycles. The summed E-state index contributed by atoms with van der Waals surface area (Å²) >= 11 is 12.1. The van der Waals surface area contributed by atoms with Gasteiger partial charge in [0.15, 0.2) is 11.5 Å². The number of halogens is 2. The first-order chi connectivity index (χ1) is 17.4. The van der Waals surface area contributed by atoms with Gasteiger partial charge in [-0.25, -0.2) is 5.43 Å². The van der Waals surface area contributed by atoms with Crippen molar-refractivity contribution in [2.45, 2.75) is 13.0 Å². The van der Waals surface area contributed by atoms with Crippen molar-refractivity contribution in [3.8, 4) is 17.2 Å². The number of carbonyl (C=O) groups excluding carboxylic acids is 2. The molecule has 2 N–H and O–H groups in total. The Morgan fingerprint density at radius 3 is 2.44 bits per heavy atom. The molecule has 3 aromatic carbocycles. The zero-order chi connectivity index (χ0) is 25.9. The molecule has 3 aromatic rings. The van der Waals surface area contributed by atoms with Crippen molar-refractivity contribution in [1.82, 2.24) is 10.7 Å². The van der Waals surface area contributed by atoms with Crippen LogP contribution in [0, 0.1) is 0 Å². The summed E-state index contributed by atoms with van der Waals surface area (Å²) in [7, 11) is 3.11. The molecule has 36 heavy (non-hydrogen) atoms. The predicted octanol–water partition coefficient (Wildman–Crippen LogP) is 4.40. The Kier molecular flexibility index (Phi) is 9.97. The van der Waals surface area contributed by atoms with Crippen molar-refractivity contribution in [3.05, 3.63) is 87.4 Å². The minimum atomic E-state index is -0.884. The highest BCUT2D eigenvalue weighted by Crippen LogP contribution is 2.27. The first kappa shape index (κ1) is 26.8. The summed E-state index contributed by atoms with van der Waals surface area (Å²) in [5, 5.41) is 7.47. The van der Waals surface area contributed by atoms with Crippen LogP contribution in [0.15, 0.2) is 65.8 Å². The molecule has 0 fully saturated rings. The van der Waals surface area contributed by atoms with Gasteiger partial charge in [0.2, 0.25) is 0 Å². The third-order valence-corrected chi connectivity index (χ3v) is 5.63. The molecule has 0 aliphatic rings. The molecule has 0 spiro atoms. The first-order valence-electron chi connectivity index (χ1n) is 10.9. The van der Waals surface area contributed by atoms with Gasteiger partial charge < -0.3 is 19.5 Å². The van der Waals surface area contributed by atoms with E-state index in [2.05, 4.69) is 15.8 Å². The van der Waals surface area contributed by atoms with Gasteiger partial charge in [0.25, 0.3) is 0 Å². The number of amides is 2. The lowest BCUT2D eigenvalue weighted by molar-refractivity contribution is -0.139. The molecule has 10 heteroatoms. The SMILES string of the molecule is COc1ccc(CCNC(=O)C(=O)N/N=C\c2ccccc2OCc2ccc(Cl)cc2Cl)cc1OC. The second kappa shape index (κ2) is 13.4. The summed E-state index contributed by atoms with van der Waals surface area (Å²) in [5.74, 6) is 0.0533. The van der Waals surface area contributed by atoms with E-state index in [0.29, 0.717) is 39.3 Å². The lowest BCUT2D eigenvalue weighted by Gasteiger charge is -2.10. The number of carbonyl (C=O) groups is 2. The second-order valence-electron chi connectivity index (χ2n) is 7.46. The largest absolute Gasteiger partial charge is 0.493 e. The van der Waals surface area contributed by atoms with Crippen LogP contribution in [0.5, 0.6) is 17.2 Å². The van der Waals surface area contributed by atoms with Gasteiger partial charge in [-0.05, 0) is 48.4 Å². The van der Waals surface area contributed by atoms with Crippen LogP contribution in [-0.2, 0) is 22.6 Å². The zero-order valence-corrected chi connectivity index (χ0v) is 21.2. The van der Waals surface area contributed by atoms with E-state index in [4.69, 9.17) is 37.4 Å². The molecule has 3 rings (SSSR count). The maximum Gasteiger partial charge on any atom is 0.329 e. The van der Waals surface area contributed by atoms with Gasteiger partial charge in [0, 0.05) is 27.7 Å². The third-order valence-electron chi connectivity index (χ3n) is 5.04. The van der Waals surface area contributed by atoms with Gasteiger partial charge in [-0.2, -0.15) is 5.10 Å². The topological polar surface area (TPSA) is 98.2 Å². The van der Waals surface area contributed by atoms with Gasteiger partial charge in [0.1, 0.15) is 12.4 Å². The van der Waals surface area contributed by atoms with Gasteiger partial charge >= 0.3 is 11.8 Å². The summed E-state index contributed by atoms with van der Waals surface area (Å²) < 4.78 is 16.3. The first-order valence-corrected chi connectivity index (χ1v) is 11.6. The number of nitrogens with one attached hydrogen (secondary N) is 2. The number of benzene rings is 3. The average molecular weight is 530 g/mol. The van der Waals surface area contributed by atoms with E-state index < -0.39 is 11.8 Å². The summed E-state index contributed by atoms with van der Waals surface area (Å²) in [5.41, 5.74) is 4.52. The number of hydrogen-bond acceptors (Lipinski definition) is 6. The minimum Gasteiger partial charge on any atom is -0.493 e. The molecule has 188 valence electrons. The van der Waals surface area contributed by atoms with Gasteiger partial charge in [-0.1, -0.05) is 47.5 Å². The van der Waals surface area contributed by atoms with E-state index >= 15 is 0 Å². The van der Waals surface area contributed by atoms with E-state index in [1.165, 1.54) is 6.21 Å². The Labute approximate surface area is 219 Å². The lowest BCUT2D eigenvalue weighted by atomic mass is 10.1. The predicted molar refractivity (Wildman–Crippen MR) is 139 cm³/mol. The number of ether oxygens (including phenoxy) is 3. The van der Waals surface area contributed by atoms with Crippen LogP contribution in [0.3, 0.4) is 0 Å². The maximum absolute atomic E-state index is 12.1. The fourth-order valence-corrected chi connectivity index (χ4v) is 3.62. The number of nitrogens with zero attached hydrogens (tertiary/aromatic N) is 1. The molecule has 0 atom stereocenters. The maximum atomic E-state index is 12.1. The number of hydrazone groups is 1. The Hall–Kier alpha value is -3.75. The molecular weight excluding hydrogens is 505 g/mol. The van der Waals surface area contributed by atoms with Crippen LogP contribution in [0.1, 0.15) is 16.7 Å². The summed E-state index contributed by atoms with van der Waals surface area (Å²) in [4.78, 5) is 24.2. The molecule has 0 saturated heterocycles. The molecule has 0 unspecified atom stereocenters. The molecule has 0 aromatic heterocycles. The van der Waals surface area contributed by atoms with Crippen molar-refractivity contribution in [2.24, 2.45) is 5.10 Å². The van der Waals surface area contributed by atoms with Crippen LogP contribution in [0.4, 0.5) is 0 Å². The summed E-state index contributed by atoms with van der Waals surface area (Å²) in [6.07, 6.45) is 1.90. The van der Waals surface area contributed by atoms with E-state index in [9.17, 15) is 9.59 Å². The monoisotopic (exact) mass is 529 g/mol. The quantitative estimate of drug-likeness (QED) is 0.230.